The van der Waals surface area contributed by atoms with Gasteiger partial charge < -0.3 is 23.9 Å². The van der Waals surface area contributed by atoms with Crippen molar-refractivity contribution in [1.82, 2.24) is 0 Å². The van der Waals surface area contributed by atoms with Crippen molar-refractivity contribution >= 4 is 50.6 Å². The monoisotopic (exact) mass is 655 g/mol. The Bertz CT molecular complexity index is 1470. The van der Waals surface area contributed by atoms with Gasteiger partial charge in [0.25, 0.3) is 0 Å². The van der Waals surface area contributed by atoms with Crippen LogP contribution in [0.2, 0.25) is 0 Å². The Hall–Kier alpha value is -2.71. The fourth-order valence-corrected chi connectivity index (χ4v) is 7.37. The number of hydrogen-bond acceptors (Lipinski definition) is 10. The molecule has 3 fully saturated rings. The van der Waals surface area contributed by atoms with E-state index >= 15 is 0 Å². The molecule has 6 atom stereocenters. The van der Waals surface area contributed by atoms with Crippen LogP contribution in [-0.2, 0) is 29.2 Å². The van der Waals surface area contributed by atoms with Gasteiger partial charge in [-0.3, -0.25) is 9.59 Å². The lowest BCUT2D eigenvalue weighted by Crippen LogP contribution is -2.44. The molecule has 2 aromatic rings. The third-order valence-corrected chi connectivity index (χ3v) is 9.44. The second kappa shape index (κ2) is 9.49. The molecule has 202 valence electrons. The number of carbonyl (C=O) groups excluding carboxylic acids is 3. The Kier molecular flexibility index (Phi) is 6.71. The highest BCUT2D eigenvalue weighted by atomic mass is 127. The maximum absolute atomic E-state index is 13.5. The second-order valence-electron chi connectivity index (χ2n) is 10.2. The van der Waals surface area contributed by atoms with E-state index in [2.05, 4.69) is 0 Å². The number of para-hydroxylation sites is 1. The van der Waals surface area contributed by atoms with E-state index < -0.39 is 58.0 Å². The van der Waals surface area contributed by atoms with Crippen molar-refractivity contribution in [2.45, 2.75) is 50.2 Å². The summed E-state index contributed by atoms with van der Waals surface area (Å²) in [6.07, 6.45) is -1.17. The first-order valence-corrected chi connectivity index (χ1v) is 14.5. The molecule has 2 aliphatic carbocycles. The van der Waals surface area contributed by atoms with Crippen LogP contribution in [0.15, 0.2) is 35.2 Å². The molecule has 6 unspecified atom stereocenters. The summed E-state index contributed by atoms with van der Waals surface area (Å²) in [7, 11) is -4.75. The standard InChI is InChI=1S/C26H25IO10S/c1-10(2)13-9-17(11(3)7-18(13)38(32,33)34)35-25(30)19-14-8-15-20(19)26(31)37-23(15)22(14)36-24(29)12-5-4-6-16(27)21(12)28/h4-7,9-10,14-15,19-20,22-23,28H,8H2,1-3H3,(H,32,33,34)/p-1. The number of ether oxygens (including phenoxy) is 3. The summed E-state index contributed by atoms with van der Waals surface area (Å²) in [5.74, 6) is -5.14. The van der Waals surface area contributed by atoms with Gasteiger partial charge in [0.2, 0.25) is 0 Å². The molecule has 10 nitrogen and oxygen atoms in total. The number of benzene rings is 2. The van der Waals surface area contributed by atoms with E-state index in [1.54, 1.807) is 26.0 Å². The lowest BCUT2D eigenvalue weighted by Gasteiger charge is -2.30. The minimum atomic E-state index is -4.75. The van der Waals surface area contributed by atoms with Gasteiger partial charge in [-0.1, -0.05) is 19.9 Å². The van der Waals surface area contributed by atoms with Gasteiger partial charge in [0, 0.05) is 11.8 Å². The van der Waals surface area contributed by atoms with Crippen molar-refractivity contribution in [3.63, 3.8) is 0 Å². The van der Waals surface area contributed by atoms with Gasteiger partial charge in [0.1, 0.15) is 39.4 Å². The first-order valence-electron chi connectivity index (χ1n) is 12.0. The van der Waals surface area contributed by atoms with Crippen LogP contribution in [0.25, 0.3) is 0 Å². The van der Waals surface area contributed by atoms with Crippen LogP contribution in [0.4, 0.5) is 0 Å². The number of halogens is 1. The number of esters is 3. The average Bonchev–Trinajstić information content (AvgIpc) is 3.45. The normalized spacial score (nSPS) is 27.5. The molecule has 12 heteroatoms. The summed E-state index contributed by atoms with van der Waals surface area (Å²) in [6, 6.07) is 7.19. The molecule has 3 aliphatic rings. The molecule has 1 N–H and O–H groups in total. The Labute approximate surface area is 232 Å². The van der Waals surface area contributed by atoms with E-state index in [9.17, 15) is 32.5 Å². The SMILES string of the molecule is Cc1cc(S(=O)(=O)[O-])c(C(C)C)cc1OC(=O)C1C2CC3C(OC(=O)C31)C2OC(=O)c1cccc(I)c1O. The largest absolute Gasteiger partial charge is 0.744 e. The van der Waals surface area contributed by atoms with Crippen molar-refractivity contribution in [3.05, 3.63) is 50.6 Å². The predicted molar refractivity (Wildman–Crippen MR) is 137 cm³/mol. The van der Waals surface area contributed by atoms with E-state index in [1.807, 2.05) is 22.6 Å². The molecule has 5 rings (SSSR count). The lowest BCUT2D eigenvalue weighted by molar-refractivity contribution is -0.149. The molecule has 0 spiro atoms. The number of aryl methyl sites for hydroxylation is 1. The molecule has 2 bridgehead atoms. The van der Waals surface area contributed by atoms with E-state index in [4.69, 9.17) is 14.2 Å². The van der Waals surface area contributed by atoms with Gasteiger partial charge in [-0.2, -0.15) is 0 Å². The summed E-state index contributed by atoms with van der Waals surface area (Å²) in [6.45, 7) is 4.93. The van der Waals surface area contributed by atoms with Crippen molar-refractivity contribution < 1.29 is 46.7 Å². The van der Waals surface area contributed by atoms with Gasteiger partial charge >= 0.3 is 17.9 Å². The highest BCUT2D eigenvalue weighted by Gasteiger charge is 2.70. The first kappa shape index (κ1) is 26.9. The van der Waals surface area contributed by atoms with Crippen LogP contribution >= 0.6 is 22.6 Å². The van der Waals surface area contributed by atoms with E-state index in [0.717, 1.165) is 0 Å². The van der Waals surface area contributed by atoms with Crippen molar-refractivity contribution in [2.24, 2.45) is 23.7 Å². The smallest absolute Gasteiger partial charge is 0.342 e. The number of aromatic hydroxyl groups is 1. The zero-order valence-electron chi connectivity index (χ0n) is 20.5. The molecule has 1 heterocycles. The van der Waals surface area contributed by atoms with Crippen LogP contribution in [-0.4, -0.2) is 48.2 Å². The molecular weight excluding hydrogens is 631 g/mol. The fraction of sp³-hybridized carbons (Fsp3) is 0.423. The Morgan fingerprint density at radius 2 is 1.92 bits per heavy atom. The summed E-state index contributed by atoms with van der Waals surface area (Å²) in [5.41, 5.74) is 0.444. The molecular formula is C26H24IO10S-. The Balaban J connectivity index is 1.42. The zero-order chi connectivity index (χ0) is 27.7. The highest BCUT2D eigenvalue weighted by molar-refractivity contribution is 14.1. The predicted octanol–water partition coefficient (Wildman–Crippen LogP) is 3.27. The van der Waals surface area contributed by atoms with Gasteiger partial charge in [-0.25, -0.2) is 13.2 Å². The topological polar surface area (TPSA) is 156 Å². The minimum Gasteiger partial charge on any atom is -0.744 e. The van der Waals surface area contributed by atoms with E-state index in [0.29, 0.717) is 9.99 Å². The number of carbonyl (C=O) groups is 3. The molecule has 0 aromatic heterocycles. The van der Waals surface area contributed by atoms with Crippen LogP contribution < -0.4 is 4.74 Å². The molecule has 1 aliphatic heterocycles. The summed E-state index contributed by atoms with van der Waals surface area (Å²) in [5, 5.41) is 10.3. The van der Waals surface area contributed by atoms with E-state index in [1.165, 1.54) is 25.1 Å². The van der Waals surface area contributed by atoms with E-state index in [-0.39, 0.29) is 44.9 Å². The van der Waals surface area contributed by atoms with Gasteiger partial charge in [-0.05, 0) is 77.2 Å². The van der Waals surface area contributed by atoms with Crippen LogP contribution in [0, 0.1) is 34.2 Å². The van der Waals surface area contributed by atoms with Crippen molar-refractivity contribution in [3.8, 4) is 11.5 Å². The Morgan fingerprint density at radius 1 is 1.21 bits per heavy atom. The Morgan fingerprint density at radius 3 is 2.58 bits per heavy atom. The summed E-state index contributed by atoms with van der Waals surface area (Å²) < 4.78 is 52.6. The van der Waals surface area contributed by atoms with Gasteiger partial charge in [-0.15, -0.1) is 0 Å². The van der Waals surface area contributed by atoms with Crippen LogP contribution in [0.3, 0.4) is 0 Å². The zero-order valence-corrected chi connectivity index (χ0v) is 23.5. The maximum Gasteiger partial charge on any atom is 0.342 e. The number of phenols is 1. The molecule has 0 amide bonds. The second-order valence-corrected chi connectivity index (χ2v) is 12.7. The maximum atomic E-state index is 13.5. The summed E-state index contributed by atoms with van der Waals surface area (Å²) >= 11 is 1.89. The molecule has 2 saturated carbocycles. The number of fused-ring (bicyclic) bond motifs is 1. The lowest BCUT2D eigenvalue weighted by atomic mass is 9.78. The van der Waals surface area contributed by atoms with Gasteiger partial charge in [0.05, 0.1) is 20.3 Å². The number of hydrogen-bond donors (Lipinski definition) is 1. The third kappa shape index (κ3) is 4.35. The third-order valence-electron chi connectivity index (χ3n) is 7.68. The average molecular weight is 655 g/mol. The summed E-state index contributed by atoms with van der Waals surface area (Å²) in [4.78, 5) is 38.7. The fourth-order valence-electron chi connectivity index (χ4n) is 5.97. The van der Waals surface area contributed by atoms with Crippen molar-refractivity contribution in [1.29, 1.82) is 0 Å². The van der Waals surface area contributed by atoms with Crippen molar-refractivity contribution in [2.75, 3.05) is 0 Å². The molecule has 2 aromatic carbocycles. The number of rotatable bonds is 6. The quantitative estimate of drug-likeness (QED) is 0.212. The van der Waals surface area contributed by atoms with Gasteiger partial charge in [0.15, 0.2) is 0 Å². The van der Waals surface area contributed by atoms with Crippen LogP contribution in [0.5, 0.6) is 11.5 Å². The molecule has 0 radical (unpaired) electrons. The molecule has 1 saturated heterocycles. The van der Waals surface area contributed by atoms with Crippen LogP contribution in [0.1, 0.15) is 47.7 Å². The number of phenolic OH excluding ortho intramolecular Hbond substituents is 1. The molecule has 38 heavy (non-hydrogen) atoms. The highest BCUT2D eigenvalue weighted by Crippen LogP contribution is 2.59. The first-order chi connectivity index (χ1) is 17.8. The minimum absolute atomic E-state index is 0.0371.